The van der Waals surface area contributed by atoms with E-state index in [2.05, 4.69) is 141 Å². The quantitative estimate of drug-likeness (QED) is 0.0272. The zero-order valence-electron chi connectivity index (χ0n) is 51.5. The third-order valence-electron chi connectivity index (χ3n) is 13.6. The summed E-state index contributed by atoms with van der Waals surface area (Å²) >= 11 is 0. The number of hydrogen-bond acceptors (Lipinski definition) is 6. The molecule has 1 amide bonds. The van der Waals surface area contributed by atoms with Gasteiger partial charge in [0.25, 0.3) is 7.82 Å². The summed E-state index contributed by atoms with van der Waals surface area (Å²) in [6.07, 6.45) is 89.8. The molecule has 0 aliphatic heterocycles. The van der Waals surface area contributed by atoms with Crippen LogP contribution in [0.2, 0.25) is 0 Å². The Hall–Kier alpha value is -3.36. The molecule has 0 aromatic carbocycles. The van der Waals surface area contributed by atoms with Gasteiger partial charge in [0.15, 0.2) is 0 Å². The van der Waals surface area contributed by atoms with E-state index in [0.29, 0.717) is 17.4 Å². The molecule has 2 N–H and O–H groups in total. The number of quaternary nitrogens is 1. The van der Waals surface area contributed by atoms with Gasteiger partial charge in [-0.1, -0.05) is 276 Å². The fourth-order valence-electron chi connectivity index (χ4n) is 8.63. The van der Waals surface area contributed by atoms with Crippen molar-refractivity contribution in [2.75, 3.05) is 40.9 Å². The molecular weight excluding hydrogens is 996 g/mol. The van der Waals surface area contributed by atoms with E-state index < -0.39 is 26.6 Å². The van der Waals surface area contributed by atoms with Crippen LogP contribution in [0.1, 0.15) is 251 Å². The number of aliphatic hydroxyl groups is 1. The summed E-state index contributed by atoms with van der Waals surface area (Å²) in [5.74, 6) is -0.243. The van der Waals surface area contributed by atoms with E-state index in [1.165, 1.54) is 128 Å². The first-order valence-electron chi connectivity index (χ1n) is 32.0. The van der Waals surface area contributed by atoms with Gasteiger partial charge in [0, 0.05) is 6.42 Å². The fourth-order valence-corrected chi connectivity index (χ4v) is 9.36. The minimum Gasteiger partial charge on any atom is -0.756 e. The number of nitrogens with one attached hydrogen (secondary N) is 1. The molecule has 0 heterocycles. The standard InChI is InChI=1S/C70H121N2O6P/c1-6-8-10-12-14-16-18-20-22-24-26-28-30-32-34-35-36-37-38-40-42-44-46-48-50-52-54-56-58-60-62-64-70(74)71-68(67-78-79(75,76)77-66-65-72(3,4)5)69(73)63-61-59-57-55-53-51-49-47-45-43-41-39-33-31-29-27-25-23-21-19-17-15-13-11-9-7-2/h8,10,14,16,20,22,26,28,32,34,36-37,40,42,46,48,52-55,61,63,68-69,73H,6-7,9,11-13,15,17-19,21,23-25,27,29-31,33,35,38-39,41,43-45,47,49-51,56-60,62,64-67H2,1-5H3,(H-,71,74,75,76)/b10-8-,16-14-,22-20-,28-26-,34-32-,37-36-,42-40-,48-46-,54-52-,55-53+,63-61+. The summed E-state index contributed by atoms with van der Waals surface area (Å²) in [4.78, 5) is 25.6. The maximum atomic E-state index is 13.0. The summed E-state index contributed by atoms with van der Waals surface area (Å²) in [5.41, 5.74) is 0. The number of rotatable bonds is 57. The van der Waals surface area contributed by atoms with Crippen molar-refractivity contribution < 1.29 is 32.9 Å². The molecule has 0 aliphatic rings. The van der Waals surface area contributed by atoms with Crippen LogP contribution in [0.3, 0.4) is 0 Å². The van der Waals surface area contributed by atoms with Crippen molar-refractivity contribution in [3.63, 3.8) is 0 Å². The lowest BCUT2D eigenvalue weighted by atomic mass is 10.0. The predicted molar refractivity (Wildman–Crippen MR) is 343 cm³/mol. The number of hydrogen-bond donors (Lipinski definition) is 2. The van der Waals surface area contributed by atoms with Gasteiger partial charge in [0.05, 0.1) is 39.9 Å². The Labute approximate surface area is 487 Å². The van der Waals surface area contributed by atoms with Gasteiger partial charge in [0.1, 0.15) is 13.2 Å². The van der Waals surface area contributed by atoms with E-state index in [0.717, 1.165) is 96.3 Å². The van der Waals surface area contributed by atoms with Crippen molar-refractivity contribution in [1.82, 2.24) is 5.32 Å². The zero-order valence-corrected chi connectivity index (χ0v) is 52.4. The Morgan fingerprint density at radius 1 is 0.456 bits per heavy atom. The lowest BCUT2D eigenvalue weighted by Gasteiger charge is -2.29. The molecule has 0 rings (SSSR count). The highest BCUT2D eigenvalue weighted by atomic mass is 31.2. The van der Waals surface area contributed by atoms with Gasteiger partial charge in [-0.2, -0.15) is 0 Å². The van der Waals surface area contributed by atoms with Gasteiger partial charge in [-0.15, -0.1) is 0 Å². The minimum atomic E-state index is -4.63. The molecule has 452 valence electrons. The second-order valence-corrected chi connectivity index (χ2v) is 23.8. The van der Waals surface area contributed by atoms with Crippen LogP contribution in [0.25, 0.3) is 0 Å². The van der Waals surface area contributed by atoms with Crippen LogP contribution < -0.4 is 10.2 Å². The second-order valence-electron chi connectivity index (χ2n) is 22.4. The summed E-state index contributed by atoms with van der Waals surface area (Å²) in [5, 5.41) is 13.9. The van der Waals surface area contributed by atoms with Crippen molar-refractivity contribution in [3.05, 3.63) is 134 Å². The van der Waals surface area contributed by atoms with Gasteiger partial charge < -0.3 is 28.8 Å². The monoisotopic (exact) mass is 1120 g/mol. The molecule has 0 spiro atoms. The highest BCUT2D eigenvalue weighted by molar-refractivity contribution is 7.45. The molecule has 79 heavy (non-hydrogen) atoms. The molecule has 0 aromatic heterocycles. The molecule has 0 bridgehead atoms. The van der Waals surface area contributed by atoms with E-state index >= 15 is 0 Å². The fraction of sp³-hybridized carbons (Fsp3) is 0.671. The number of phosphoric acid groups is 1. The Kier molecular flexibility index (Phi) is 56.7. The van der Waals surface area contributed by atoms with Crippen molar-refractivity contribution in [3.8, 4) is 0 Å². The number of amides is 1. The van der Waals surface area contributed by atoms with Gasteiger partial charge >= 0.3 is 0 Å². The Balaban J connectivity index is 4.32. The van der Waals surface area contributed by atoms with Crippen molar-refractivity contribution in [2.45, 2.75) is 264 Å². The average Bonchev–Trinajstić information content (AvgIpc) is 3.42. The molecule has 9 heteroatoms. The van der Waals surface area contributed by atoms with Gasteiger partial charge in [0.2, 0.25) is 5.91 Å². The summed E-state index contributed by atoms with van der Waals surface area (Å²) in [7, 11) is 1.20. The predicted octanol–water partition coefficient (Wildman–Crippen LogP) is 19.6. The van der Waals surface area contributed by atoms with Crippen LogP contribution in [0.4, 0.5) is 0 Å². The van der Waals surface area contributed by atoms with Crippen molar-refractivity contribution in [2.24, 2.45) is 0 Å². The molecule has 0 aromatic rings. The van der Waals surface area contributed by atoms with E-state index in [1.54, 1.807) is 6.08 Å². The van der Waals surface area contributed by atoms with Crippen LogP contribution in [-0.4, -0.2) is 68.5 Å². The molecule has 8 nitrogen and oxygen atoms in total. The first-order valence-corrected chi connectivity index (χ1v) is 33.5. The smallest absolute Gasteiger partial charge is 0.268 e. The lowest BCUT2D eigenvalue weighted by Crippen LogP contribution is -2.45. The van der Waals surface area contributed by atoms with Gasteiger partial charge in [-0.25, -0.2) is 0 Å². The Morgan fingerprint density at radius 3 is 1.18 bits per heavy atom. The third-order valence-corrected chi connectivity index (χ3v) is 14.6. The van der Waals surface area contributed by atoms with E-state index in [4.69, 9.17) is 9.05 Å². The maximum Gasteiger partial charge on any atom is 0.268 e. The second kappa shape index (κ2) is 59.3. The number of likely N-dealkylation sites (N-methyl/N-ethyl adjacent to an activating group) is 1. The number of carbonyl (C=O) groups excluding carboxylic acids is 1. The zero-order chi connectivity index (χ0) is 57.7. The first-order chi connectivity index (χ1) is 38.5. The molecule has 0 radical (unpaired) electrons. The first kappa shape index (κ1) is 75.6. The largest absolute Gasteiger partial charge is 0.756 e. The highest BCUT2D eigenvalue weighted by Gasteiger charge is 2.23. The summed E-state index contributed by atoms with van der Waals surface area (Å²) in [6.45, 7) is 4.49. The van der Waals surface area contributed by atoms with Gasteiger partial charge in [-0.3, -0.25) is 9.36 Å². The molecule has 0 saturated carbocycles. The van der Waals surface area contributed by atoms with Crippen LogP contribution in [0.5, 0.6) is 0 Å². The Morgan fingerprint density at radius 2 is 0.785 bits per heavy atom. The number of carbonyl (C=O) groups is 1. The minimum absolute atomic E-state index is 0.0206. The lowest BCUT2D eigenvalue weighted by molar-refractivity contribution is -0.870. The van der Waals surface area contributed by atoms with Crippen LogP contribution in [0.15, 0.2) is 134 Å². The molecule has 0 fully saturated rings. The van der Waals surface area contributed by atoms with Crippen LogP contribution >= 0.6 is 7.82 Å². The van der Waals surface area contributed by atoms with Crippen LogP contribution in [0, 0.1) is 0 Å². The third kappa shape index (κ3) is 62.1. The molecule has 0 saturated heterocycles. The van der Waals surface area contributed by atoms with E-state index in [9.17, 15) is 19.4 Å². The number of allylic oxidation sites excluding steroid dienone is 21. The highest BCUT2D eigenvalue weighted by Crippen LogP contribution is 2.38. The number of phosphoric ester groups is 1. The van der Waals surface area contributed by atoms with Gasteiger partial charge in [-0.05, 0) is 103 Å². The number of unbranched alkanes of at least 4 members (excludes halogenated alkanes) is 24. The van der Waals surface area contributed by atoms with E-state index in [1.807, 2.05) is 27.2 Å². The Bertz CT molecular complexity index is 1750. The normalized spacial score (nSPS) is 14.7. The average molecular weight is 1120 g/mol. The molecular formula is C70H121N2O6P. The molecule has 3 atom stereocenters. The molecule has 0 aliphatic carbocycles. The van der Waals surface area contributed by atoms with Crippen LogP contribution in [-0.2, 0) is 18.4 Å². The number of aliphatic hydroxyl groups excluding tert-OH is 1. The van der Waals surface area contributed by atoms with Crippen molar-refractivity contribution >= 4 is 13.7 Å². The summed E-state index contributed by atoms with van der Waals surface area (Å²) in [6, 6.07) is -0.933. The topological polar surface area (TPSA) is 108 Å². The molecule has 3 unspecified atom stereocenters. The SMILES string of the molecule is CC/C=C\C/C=C\C/C=C\C/C=C\C/C=C\C/C=C\C/C=C\C/C=C\C/C=C\CCCCCC(=O)NC(COP(=O)([O-])OCC[N+](C)(C)C)C(O)/C=C/CC/C=C/CCCCCCCCCCCCCCCCCCCCCC. The van der Waals surface area contributed by atoms with E-state index in [-0.39, 0.29) is 18.9 Å². The van der Waals surface area contributed by atoms with Crippen molar-refractivity contribution in [1.29, 1.82) is 0 Å². The summed E-state index contributed by atoms with van der Waals surface area (Å²) < 4.78 is 23.4. The maximum absolute atomic E-state index is 13.0. The number of nitrogens with zero attached hydrogens (tertiary/aromatic N) is 1.